The van der Waals surface area contributed by atoms with Crippen LogP contribution in [0.4, 0.5) is 5.69 Å². The van der Waals surface area contributed by atoms with Crippen LogP contribution in [0, 0.1) is 13.8 Å². The van der Waals surface area contributed by atoms with E-state index in [1.54, 1.807) is 12.0 Å². The molecule has 0 aliphatic carbocycles. The van der Waals surface area contributed by atoms with Crippen molar-refractivity contribution >= 4 is 17.5 Å². The van der Waals surface area contributed by atoms with Gasteiger partial charge in [0.15, 0.2) is 0 Å². The predicted octanol–water partition coefficient (Wildman–Crippen LogP) is 3.41. The van der Waals surface area contributed by atoms with E-state index in [0.29, 0.717) is 13.1 Å². The van der Waals surface area contributed by atoms with E-state index in [1.165, 1.54) is 6.92 Å². The number of carbonyl (C=O) groups is 2. The largest absolute Gasteiger partial charge is 0.497 e. The molecular weight excluding hydrogens is 340 g/mol. The summed E-state index contributed by atoms with van der Waals surface area (Å²) in [4.78, 5) is 25.8. The first kappa shape index (κ1) is 20.5. The molecule has 0 bridgehead atoms. The highest BCUT2D eigenvalue weighted by atomic mass is 16.5. The van der Waals surface area contributed by atoms with Crippen LogP contribution in [-0.2, 0) is 16.0 Å². The van der Waals surface area contributed by atoms with E-state index >= 15 is 0 Å². The van der Waals surface area contributed by atoms with Crippen molar-refractivity contribution < 1.29 is 14.3 Å². The Bertz CT molecular complexity index is 764. The summed E-state index contributed by atoms with van der Waals surface area (Å²) in [5.74, 6) is 0.698. The van der Waals surface area contributed by atoms with E-state index in [0.717, 1.165) is 34.5 Å². The zero-order valence-corrected chi connectivity index (χ0v) is 16.5. The first-order valence-corrected chi connectivity index (χ1v) is 9.15. The van der Waals surface area contributed by atoms with Gasteiger partial charge in [0, 0.05) is 32.1 Å². The Hall–Kier alpha value is -2.82. The van der Waals surface area contributed by atoms with Crippen molar-refractivity contribution in [2.45, 2.75) is 33.6 Å². The van der Waals surface area contributed by atoms with Gasteiger partial charge >= 0.3 is 0 Å². The van der Waals surface area contributed by atoms with Crippen molar-refractivity contribution in [1.29, 1.82) is 0 Å². The maximum atomic E-state index is 12.2. The van der Waals surface area contributed by atoms with Crippen molar-refractivity contribution in [3.8, 4) is 5.75 Å². The molecule has 0 saturated carbocycles. The fraction of sp³-hybridized carbons (Fsp3) is 0.364. The maximum absolute atomic E-state index is 12.2. The molecule has 0 heterocycles. The summed E-state index contributed by atoms with van der Waals surface area (Å²) >= 11 is 0. The summed E-state index contributed by atoms with van der Waals surface area (Å²) < 4.78 is 5.13. The van der Waals surface area contributed by atoms with Crippen molar-refractivity contribution in [2.24, 2.45) is 0 Å². The maximum Gasteiger partial charge on any atom is 0.223 e. The topological polar surface area (TPSA) is 58.6 Å². The molecule has 0 aliphatic rings. The molecular formula is C22H28N2O3. The number of anilines is 1. The highest BCUT2D eigenvalue weighted by Crippen LogP contribution is 2.19. The number of nitrogens with zero attached hydrogens (tertiary/aromatic N) is 1. The number of rotatable bonds is 8. The van der Waals surface area contributed by atoms with Gasteiger partial charge in [-0.3, -0.25) is 9.59 Å². The van der Waals surface area contributed by atoms with Crippen LogP contribution in [0.25, 0.3) is 0 Å². The first-order valence-electron chi connectivity index (χ1n) is 9.15. The highest BCUT2D eigenvalue weighted by molar-refractivity contribution is 5.92. The Morgan fingerprint density at radius 2 is 1.67 bits per heavy atom. The third-order valence-electron chi connectivity index (χ3n) is 4.36. The fourth-order valence-electron chi connectivity index (χ4n) is 3.02. The molecule has 0 radical (unpaired) electrons. The minimum absolute atomic E-state index is 0.0564. The highest BCUT2D eigenvalue weighted by Gasteiger charge is 2.14. The quantitative estimate of drug-likeness (QED) is 0.777. The van der Waals surface area contributed by atoms with Crippen LogP contribution in [-0.4, -0.2) is 32.0 Å². The minimum atomic E-state index is -0.0639. The number of hydrogen-bond acceptors (Lipinski definition) is 3. The minimum Gasteiger partial charge on any atom is -0.497 e. The van der Waals surface area contributed by atoms with Gasteiger partial charge in [0.2, 0.25) is 11.8 Å². The van der Waals surface area contributed by atoms with Crippen LogP contribution >= 0.6 is 0 Å². The lowest BCUT2D eigenvalue weighted by Crippen LogP contribution is -2.34. The molecule has 2 aromatic rings. The van der Waals surface area contributed by atoms with Gasteiger partial charge in [-0.15, -0.1) is 0 Å². The van der Waals surface area contributed by atoms with Gasteiger partial charge in [-0.05, 0) is 61.2 Å². The van der Waals surface area contributed by atoms with Gasteiger partial charge in [0.05, 0.1) is 7.11 Å². The van der Waals surface area contributed by atoms with Crippen LogP contribution in [0.2, 0.25) is 0 Å². The summed E-state index contributed by atoms with van der Waals surface area (Å²) in [6.07, 6.45) is 1.03. The molecule has 0 aromatic heterocycles. The number of benzene rings is 2. The van der Waals surface area contributed by atoms with Crippen LogP contribution in [0.5, 0.6) is 5.75 Å². The molecule has 5 heteroatoms. The van der Waals surface area contributed by atoms with Crippen LogP contribution in [0.3, 0.4) is 0 Å². The summed E-state index contributed by atoms with van der Waals surface area (Å²) in [5, 5.41) is 2.92. The normalized spacial score (nSPS) is 10.4. The number of methoxy groups -OCH3 is 1. The molecule has 0 atom stereocenters. The molecule has 1 N–H and O–H groups in total. The lowest BCUT2D eigenvalue weighted by Gasteiger charge is -2.22. The SMILES string of the molecule is COc1ccc(CCNC(=O)CCN(C(C)=O)c2cc(C)cc(C)c2)cc1. The van der Waals surface area contributed by atoms with Gasteiger partial charge in [-0.25, -0.2) is 0 Å². The molecule has 0 unspecified atom stereocenters. The van der Waals surface area contributed by atoms with Crippen molar-refractivity contribution in [3.63, 3.8) is 0 Å². The molecule has 2 rings (SSSR count). The molecule has 5 nitrogen and oxygen atoms in total. The Morgan fingerprint density at radius 3 is 2.22 bits per heavy atom. The van der Waals surface area contributed by atoms with Crippen LogP contribution in [0.15, 0.2) is 42.5 Å². The second-order valence-electron chi connectivity index (χ2n) is 6.71. The molecule has 144 valence electrons. The van der Waals surface area contributed by atoms with Crippen LogP contribution < -0.4 is 15.0 Å². The van der Waals surface area contributed by atoms with E-state index in [-0.39, 0.29) is 18.2 Å². The fourth-order valence-corrected chi connectivity index (χ4v) is 3.02. The first-order chi connectivity index (χ1) is 12.9. The number of amides is 2. The van der Waals surface area contributed by atoms with Gasteiger partial charge in [-0.2, -0.15) is 0 Å². The Labute approximate surface area is 161 Å². The lowest BCUT2D eigenvalue weighted by atomic mass is 10.1. The predicted molar refractivity (Wildman–Crippen MR) is 108 cm³/mol. The van der Waals surface area contributed by atoms with Crippen molar-refractivity contribution in [3.05, 3.63) is 59.2 Å². The van der Waals surface area contributed by atoms with Gasteiger partial charge < -0.3 is 15.0 Å². The molecule has 0 aliphatic heterocycles. The van der Waals surface area contributed by atoms with Crippen molar-refractivity contribution in [2.75, 3.05) is 25.1 Å². The van der Waals surface area contributed by atoms with E-state index in [4.69, 9.17) is 4.74 Å². The Kier molecular flexibility index (Phi) is 7.41. The molecule has 27 heavy (non-hydrogen) atoms. The molecule has 0 spiro atoms. The van der Waals surface area contributed by atoms with Gasteiger partial charge in [-0.1, -0.05) is 18.2 Å². The second-order valence-corrected chi connectivity index (χ2v) is 6.71. The second kappa shape index (κ2) is 9.76. The summed E-state index contributed by atoms with van der Waals surface area (Å²) in [6, 6.07) is 13.8. The average molecular weight is 368 g/mol. The number of ether oxygens (including phenoxy) is 1. The number of aryl methyl sites for hydroxylation is 2. The number of nitrogens with one attached hydrogen (secondary N) is 1. The summed E-state index contributed by atoms with van der Waals surface area (Å²) in [5.41, 5.74) is 4.17. The zero-order valence-electron chi connectivity index (χ0n) is 16.5. The lowest BCUT2D eigenvalue weighted by molar-refractivity contribution is -0.121. The third-order valence-corrected chi connectivity index (χ3v) is 4.36. The molecule has 2 amide bonds. The number of carbonyl (C=O) groups excluding carboxylic acids is 2. The average Bonchev–Trinajstić information content (AvgIpc) is 2.61. The molecule has 2 aromatic carbocycles. The summed E-state index contributed by atoms with van der Waals surface area (Å²) in [7, 11) is 1.64. The standard InChI is InChI=1S/C22H28N2O3/c1-16-13-17(2)15-20(14-16)24(18(3)25)12-10-22(26)23-11-9-19-5-7-21(27-4)8-6-19/h5-8,13-15H,9-12H2,1-4H3,(H,23,26). The van der Waals surface area contributed by atoms with Crippen LogP contribution in [0.1, 0.15) is 30.0 Å². The summed E-state index contributed by atoms with van der Waals surface area (Å²) in [6.45, 7) is 6.46. The van der Waals surface area contributed by atoms with Gasteiger partial charge in [0.25, 0.3) is 0 Å². The van der Waals surface area contributed by atoms with Gasteiger partial charge in [0.1, 0.15) is 5.75 Å². The van der Waals surface area contributed by atoms with E-state index in [1.807, 2.05) is 50.2 Å². The van der Waals surface area contributed by atoms with Crippen molar-refractivity contribution in [1.82, 2.24) is 5.32 Å². The number of hydrogen-bond donors (Lipinski definition) is 1. The van der Waals surface area contributed by atoms with E-state index < -0.39 is 0 Å². The van der Waals surface area contributed by atoms with E-state index in [2.05, 4.69) is 11.4 Å². The third kappa shape index (κ3) is 6.44. The smallest absolute Gasteiger partial charge is 0.223 e. The zero-order chi connectivity index (χ0) is 19.8. The molecule has 0 saturated heterocycles. The Morgan fingerprint density at radius 1 is 1.04 bits per heavy atom. The molecule has 0 fully saturated rings. The Balaban J connectivity index is 1.83. The monoisotopic (exact) mass is 368 g/mol. The van der Waals surface area contributed by atoms with E-state index in [9.17, 15) is 9.59 Å².